The zero-order valence-electron chi connectivity index (χ0n) is 12.7. The Morgan fingerprint density at radius 2 is 2.09 bits per heavy atom. The minimum atomic E-state index is -0.457. The van der Waals surface area contributed by atoms with E-state index in [4.69, 9.17) is 26.4 Å². The lowest BCUT2D eigenvalue weighted by atomic mass is 10.1. The van der Waals surface area contributed by atoms with Crippen molar-refractivity contribution < 1.29 is 23.8 Å². The fourth-order valence-corrected chi connectivity index (χ4v) is 2.08. The van der Waals surface area contributed by atoms with Crippen LogP contribution in [0, 0.1) is 0 Å². The predicted molar refractivity (Wildman–Crippen MR) is 87.0 cm³/mol. The van der Waals surface area contributed by atoms with E-state index >= 15 is 0 Å². The summed E-state index contributed by atoms with van der Waals surface area (Å²) in [6.45, 7) is 1.81. The molecule has 7 nitrogen and oxygen atoms in total. The molecule has 0 aliphatic carbocycles. The summed E-state index contributed by atoms with van der Waals surface area (Å²) < 4.78 is 15.4. The van der Waals surface area contributed by atoms with Gasteiger partial charge in [0.1, 0.15) is 5.70 Å². The van der Waals surface area contributed by atoms with Crippen molar-refractivity contribution in [2.75, 3.05) is 20.3 Å². The van der Waals surface area contributed by atoms with E-state index in [2.05, 4.69) is 10.6 Å². The molecular weight excluding hydrogens is 320 g/mol. The summed E-state index contributed by atoms with van der Waals surface area (Å²) in [6.07, 6.45) is 1.63. The maximum Gasteiger partial charge on any atom is 0.344 e. The van der Waals surface area contributed by atoms with Gasteiger partial charge in [0.25, 0.3) is 5.91 Å². The van der Waals surface area contributed by atoms with E-state index in [9.17, 15) is 9.59 Å². The van der Waals surface area contributed by atoms with Crippen molar-refractivity contribution in [3.8, 4) is 11.5 Å². The average molecular weight is 336 g/mol. The molecular formula is C15H16N2O5S. The maximum atomic E-state index is 11.6. The second-order valence-corrected chi connectivity index (χ2v) is 4.88. The van der Waals surface area contributed by atoms with Gasteiger partial charge in [0.2, 0.25) is 0 Å². The van der Waals surface area contributed by atoms with Crippen LogP contribution in [0.25, 0.3) is 6.08 Å². The molecule has 1 aromatic carbocycles. The molecule has 0 radical (unpaired) electrons. The first-order valence-corrected chi connectivity index (χ1v) is 7.24. The molecule has 0 unspecified atom stereocenters. The second kappa shape index (κ2) is 7.59. The number of benzene rings is 1. The molecule has 1 aliphatic heterocycles. The first-order chi connectivity index (χ1) is 11.0. The zero-order valence-corrected chi connectivity index (χ0v) is 13.5. The van der Waals surface area contributed by atoms with E-state index in [0.29, 0.717) is 29.4 Å². The van der Waals surface area contributed by atoms with E-state index in [0.717, 1.165) is 0 Å². The van der Waals surface area contributed by atoms with Gasteiger partial charge in [0, 0.05) is 0 Å². The van der Waals surface area contributed by atoms with Gasteiger partial charge >= 0.3 is 5.97 Å². The van der Waals surface area contributed by atoms with E-state index < -0.39 is 5.97 Å². The van der Waals surface area contributed by atoms with Gasteiger partial charge in [0.15, 0.2) is 23.2 Å². The lowest BCUT2D eigenvalue weighted by Gasteiger charge is -2.11. The molecule has 0 atom stereocenters. The Balaban J connectivity index is 2.13. The Kier molecular flexibility index (Phi) is 5.53. The zero-order chi connectivity index (χ0) is 16.8. The number of carbonyl (C=O) groups excluding carboxylic acids is 2. The van der Waals surface area contributed by atoms with Crippen LogP contribution in [0.2, 0.25) is 0 Å². The topological polar surface area (TPSA) is 85.9 Å². The molecule has 2 rings (SSSR count). The van der Waals surface area contributed by atoms with Gasteiger partial charge in [-0.1, -0.05) is 6.07 Å². The number of methoxy groups -OCH3 is 1. The Morgan fingerprint density at radius 3 is 2.70 bits per heavy atom. The number of nitrogens with one attached hydrogen (secondary N) is 2. The minimum absolute atomic E-state index is 0.205. The standard InChI is InChI=1S/C15H16N2O5S/c1-3-21-13(18)8-22-11-5-4-9(7-12(11)20-2)6-10-14(19)17-15(23)16-10/h4-7H,3,8H2,1-2H3,(H2,16,17,19,23)/b10-6-. The average Bonchev–Trinajstić information content (AvgIpc) is 2.83. The SMILES string of the molecule is CCOC(=O)COc1ccc(/C=C2\NC(=S)NC2=O)cc1OC. The third-order valence-corrected chi connectivity index (χ3v) is 3.07. The van der Waals surface area contributed by atoms with Crippen LogP contribution in [-0.2, 0) is 14.3 Å². The van der Waals surface area contributed by atoms with E-state index in [1.807, 2.05) is 0 Å². The third-order valence-electron chi connectivity index (χ3n) is 2.87. The van der Waals surface area contributed by atoms with Crippen molar-refractivity contribution >= 4 is 35.3 Å². The third kappa shape index (κ3) is 4.43. The molecule has 2 N–H and O–H groups in total. The van der Waals surface area contributed by atoms with Gasteiger partial charge < -0.3 is 19.5 Å². The van der Waals surface area contributed by atoms with Crippen molar-refractivity contribution in [3.05, 3.63) is 29.5 Å². The van der Waals surface area contributed by atoms with Crippen molar-refractivity contribution in [2.45, 2.75) is 6.92 Å². The van der Waals surface area contributed by atoms with Crippen LogP contribution >= 0.6 is 12.2 Å². The summed E-state index contributed by atoms with van der Waals surface area (Å²) in [5.41, 5.74) is 1.06. The Bertz CT molecular complexity index is 672. The van der Waals surface area contributed by atoms with Crippen LogP contribution in [0.15, 0.2) is 23.9 Å². The first-order valence-electron chi connectivity index (χ1n) is 6.84. The number of carbonyl (C=O) groups is 2. The molecule has 1 fully saturated rings. The molecule has 0 spiro atoms. The number of rotatable bonds is 6. The molecule has 8 heteroatoms. The highest BCUT2D eigenvalue weighted by molar-refractivity contribution is 7.80. The van der Waals surface area contributed by atoms with E-state index in [1.54, 1.807) is 31.2 Å². The van der Waals surface area contributed by atoms with Crippen LogP contribution in [0.1, 0.15) is 12.5 Å². The smallest absolute Gasteiger partial charge is 0.344 e. The van der Waals surface area contributed by atoms with Gasteiger partial charge in [-0.3, -0.25) is 10.1 Å². The van der Waals surface area contributed by atoms with Gasteiger partial charge in [-0.05, 0) is 42.9 Å². The normalized spacial score (nSPS) is 15.1. The summed E-state index contributed by atoms with van der Waals surface area (Å²) in [4.78, 5) is 22.9. The Morgan fingerprint density at radius 1 is 1.30 bits per heavy atom. The lowest BCUT2D eigenvalue weighted by Crippen LogP contribution is -2.21. The summed E-state index contributed by atoms with van der Waals surface area (Å²) in [6, 6.07) is 5.06. The molecule has 0 aromatic heterocycles. The molecule has 1 aromatic rings. The van der Waals surface area contributed by atoms with Gasteiger partial charge in [-0.15, -0.1) is 0 Å². The molecule has 1 saturated heterocycles. The highest BCUT2D eigenvalue weighted by Gasteiger charge is 2.20. The van der Waals surface area contributed by atoms with E-state index in [1.165, 1.54) is 7.11 Å². The highest BCUT2D eigenvalue weighted by Crippen LogP contribution is 2.29. The molecule has 0 bridgehead atoms. The quantitative estimate of drug-likeness (QED) is 0.455. The minimum Gasteiger partial charge on any atom is -0.493 e. The number of esters is 1. The molecule has 1 aliphatic rings. The number of hydrogen-bond acceptors (Lipinski definition) is 6. The summed E-state index contributed by atoms with van der Waals surface area (Å²) in [5, 5.41) is 5.50. The van der Waals surface area contributed by atoms with Crippen LogP contribution in [0.5, 0.6) is 11.5 Å². The molecule has 1 heterocycles. The largest absolute Gasteiger partial charge is 0.493 e. The number of thiocarbonyl (C=S) groups is 1. The van der Waals surface area contributed by atoms with Crippen LogP contribution in [0.3, 0.4) is 0 Å². The van der Waals surface area contributed by atoms with Crippen LogP contribution in [0.4, 0.5) is 0 Å². The van der Waals surface area contributed by atoms with Crippen molar-refractivity contribution in [3.63, 3.8) is 0 Å². The number of amides is 1. The molecule has 1 amide bonds. The highest BCUT2D eigenvalue weighted by atomic mass is 32.1. The lowest BCUT2D eigenvalue weighted by molar-refractivity contribution is -0.145. The molecule has 23 heavy (non-hydrogen) atoms. The monoisotopic (exact) mass is 336 g/mol. The fraction of sp³-hybridized carbons (Fsp3) is 0.267. The molecule has 0 saturated carbocycles. The Labute approximate surface area is 138 Å². The second-order valence-electron chi connectivity index (χ2n) is 4.47. The summed E-state index contributed by atoms with van der Waals surface area (Å²) in [5.74, 6) is 0.0874. The van der Waals surface area contributed by atoms with E-state index in [-0.39, 0.29) is 17.6 Å². The number of ether oxygens (including phenoxy) is 3. The van der Waals surface area contributed by atoms with Gasteiger partial charge in [-0.2, -0.15) is 0 Å². The predicted octanol–water partition coefficient (Wildman–Crippen LogP) is 0.982. The van der Waals surface area contributed by atoms with Crippen molar-refractivity contribution in [1.29, 1.82) is 0 Å². The maximum absolute atomic E-state index is 11.6. The first kappa shape index (κ1) is 16.8. The fourth-order valence-electron chi connectivity index (χ4n) is 1.88. The van der Waals surface area contributed by atoms with Crippen molar-refractivity contribution in [2.24, 2.45) is 0 Å². The molecule has 122 valence electrons. The van der Waals surface area contributed by atoms with Crippen LogP contribution in [-0.4, -0.2) is 37.3 Å². The Hall–Kier alpha value is -2.61. The summed E-state index contributed by atoms with van der Waals surface area (Å²) >= 11 is 4.87. The van der Waals surface area contributed by atoms with Gasteiger partial charge in [-0.25, -0.2) is 4.79 Å². The summed E-state index contributed by atoms with van der Waals surface area (Å²) in [7, 11) is 1.49. The van der Waals surface area contributed by atoms with Gasteiger partial charge in [0.05, 0.1) is 13.7 Å². The number of hydrogen-bond donors (Lipinski definition) is 2. The van der Waals surface area contributed by atoms with Crippen molar-refractivity contribution in [1.82, 2.24) is 10.6 Å². The van der Waals surface area contributed by atoms with Crippen LogP contribution < -0.4 is 20.1 Å².